The molecule has 2 aliphatic rings. The lowest BCUT2D eigenvalue weighted by atomic mass is 10.0. The largest absolute Gasteiger partial charge is 0.506 e. The molecule has 7 rings (SSSR count). The molecule has 4 N–H and O–H groups in total. The topological polar surface area (TPSA) is 189 Å². The average Bonchev–Trinajstić information content (AvgIpc) is 3.47. The summed E-state index contributed by atoms with van der Waals surface area (Å²) in [7, 11) is -2.97. The maximum Gasteiger partial charge on any atom is 0.329 e. The van der Waals surface area contributed by atoms with Gasteiger partial charge in [-0.15, -0.1) is 0 Å². The van der Waals surface area contributed by atoms with Crippen molar-refractivity contribution in [2.45, 2.75) is 25.3 Å². The summed E-state index contributed by atoms with van der Waals surface area (Å²) in [6.45, 7) is -0.695. The van der Waals surface area contributed by atoms with Crippen molar-refractivity contribution in [3.05, 3.63) is 88.3 Å². The minimum absolute atomic E-state index is 0.00588. The molecule has 1 aromatic heterocycles. The number of carbonyl (C=O) groups excluding carboxylic acids is 4. The van der Waals surface area contributed by atoms with E-state index in [1.807, 2.05) is 0 Å². The first kappa shape index (κ1) is 32.4. The van der Waals surface area contributed by atoms with Crippen LogP contribution in [0.3, 0.4) is 0 Å². The second kappa shape index (κ2) is 11.8. The van der Waals surface area contributed by atoms with Gasteiger partial charge in [0.05, 0.1) is 11.9 Å². The predicted octanol–water partition coefficient (Wildman–Crippen LogP) is 2.48. The van der Waals surface area contributed by atoms with Gasteiger partial charge in [-0.2, -0.15) is 8.42 Å². The first-order valence-electron chi connectivity index (χ1n) is 15.1. The maximum absolute atomic E-state index is 15.9. The Kier molecular flexibility index (Phi) is 7.66. The van der Waals surface area contributed by atoms with Gasteiger partial charge in [-0.3, -0.25) is 33.6 Å². The molecule has 4 aromatic carbocycles. The van der Waals surface area contributed by atoms with Crippen molar-refractivity contribution in [1.82, 2.24) is 19.2 Å². The van der Waals surface area contributed by atoms with Gasteiger partial charge in [0, 0.05) is 30.1 Å². The van der Waals surface area contributed by atoms with Gasteiger partial charge in [0.1, 0.15) is 29.5 Å². The van der Waals surface area contributed by atoms with Crippen molar-refractivity contribution in [3.63, 3.8) is 0 Å². The lowest BCUT2D eigenvalue weighted by molar-refractivity contribution is -0.135. The Labute approximate surface area is 281 Å². The number of phenolic OH excluding ortho intramolecular Hbond substituents is 1. The van der Waals surface area contributed by atoms with E-state index in [4.69, 9.17) is 0 Å². The molecule has 14 nitrogen and oxygen atoms in total. The maximum atomic E-state index is 15.9. The molecular weight excluding hydrogens is 678 g/mol. The summed E-state index contributed by atoms with van der Waals surface area (Å²) >= 11 is 0. The summed E-state index contributed by atoms with van der Waals surface area (Å²) in [6, 6.07) is 13.8. The molecule has 0 radical (unpaired) electrons. The average molecular weight is 705 g/mol. The fraction of sp³-hybridized carbons (Fsp3) is 0.182. The molecule has 50 heavy (non-hydrogen) atoms. The summed E-state index contributed by atoms with van der Waals surface area (Å²) in [6.07, 6.45) is 0.0758. The highest BCUT2D eigenvalue weighted by Gasteiger charge is 2.38. The first-order valence-corrected chi connectivity index (χ1v) is 16.6. The van der Waals surface area contributed by atoms with Gasteiger partial charge in [-0.25, -0.2) is 22.6 Å². The molecule has 5 aromatic rings. The summed E-state index contributed by atoms with van der Waals surface area (Å²) < 4.78 is 60.2. The van der Waals surface area contributed by atoms with E-state index in [-0.39, 0.29) is 52.3 Å². The van der Waals surface area contributed by atoms with Gasteiger partial charge in [-0.05, 0) is 59.3 Å². The second-order valence-electron chi connectivity index (χ2n) is 11.9. The number of hydrogen-bond donors (Lipinski definition) is 4. The van der Waals surface area contributed by atoms with Crippen LogP contribution in [0.15, 0.2) is 65.5 Å². The second-order valence-corrected chi connectivity index (χ2v) is 13.5. The molecule has 2 saturated heterocycles. The molecule has 0 bridgehead atoms. The van der Waals surface area contributed by atoms with E-state index in [0.29, 0.717) is 15.4 Å². The van der Waals surface area contributed by atoms with Crippen LogP contribution in [0.25, 0.3) is 32.9 Å². The van der Waals surface area contributed by atoms with E-state index in [0.717, 1.165) is 10.6 Å². The number of nitrogens with zero attached hydrogens (tertiary/aromatic N) is 3. The third kappa shape index (κ3) is 5.40. The van der Waals surface area contributed by atoms with Crippen molar-refractivity contribution in [2.75, 3.05) is 16.2 Å². The number of hydrogen-bond acceptors (Lipinski definition) is 8. The van der Waals surface area contributed by atoms with Crippen molar-refractivity contribution in [2.24, 2.45) is 7.05 Å². The Morgan fingerprint density at radius 3 is 2.40 bits per heavy atom. The van der Waals surface area contributed by atoms with E-state index < -0.39 is 75.2 Å². The minimum atomic E-state index is -4.37. The Balaban J connectivity index is 1.08. The zero-order chi connectivity index (χ0) is 35.6. The van der Waals surface area contributed by atoms with Crippen LogP contribution in [0.2, 0.25) is 0 Å². The van der Waals surface area contributed by atoms with Crippen LogP contribution in [0, 0.1) is 11.6 Å². The molecule has 2 fully saturated rings. The number of rotatable bonds is 6. The molecular formula is C33H26F2N6O8S. The molecule has 0 saturated carbocycles. The molecule has 1 unspecified atom stereocenters. The summed E-state index contributed by atoms with van der Waals surface area (Å²) in [5.74, 6) is -4.85. The number of halogens is 2. The van der Waals surface area contributed by atoms with E-state index in [9.17, 15) is 37.5 Å². The minimum Gasteiger partial charge on any atom is -0.506 e. The molecule has 4 amide bonds. The van der Waals surface area contributed by atoms with Crippen LogP contribution in [-0.2, 0) is 42.9 Å². The van der Waals surface area contributed by atoms with Gasteiger partial charge in [0.15, 0.2) is 11.6 Å². The number of imidazole rings is 1. The van der Waals surface area contributed by atoms with Crippen molar-refractivity contribution < 1.29 is 41.5 Å². The van der Waals surface area contributed by atoms with Crippen LogP contribution in [0.5, 0.6) is 5.75 Å². The van der Waals surface area contributed by atoms with Crippen LogP contribution in [-0.4, -0.2) is 52.8 Å². The number of carbonyl (C=O) groups is 4. The number of aromatic nitrogens is 2. The number of anilines is 2. The smallest absolute Gasteiger partial charge is 0.329 e. The molecule has 0 spiro atoms. The molecule has 0 aliphatic carbocycles. The Morgan fingerprint density at radius 1 is 0.980 bits per heavy atom. The highest BCUT2D eigenvalue weighted by Crippen LogP contribution is 2.39. The number of phenols is 1. The zero-order valence-electron chi connectivity index (χ0n) is 26.0. The number of benzene rings is 4. The van der Waals surface area contributed by atoms with E-state index in [2.05, 4.69) is 10.6 Å². The van der Waals surface area contributed by atoms with Crippen molar-refractivity contribution in [3.8, 4) is 16.9 Å². The van der Waals surface area contributed by atoms with Crippen molar-refractivity contribution >= 4 is 67.0 Å². The third-order valence-corrected chi connectivity index (χ3v) is 10.1. The number of aromatic hydroxyl groups is 1. The zero-order valence-corrected chi connectivity index (χ0v) is 26.8. The quantitative estimate of drug-likeness (QED) is 0.194. The van der Waals surface area contributed by atoms with Crippen LogP contribution in [0.4, 0.5) is 20.2 Å². The monoisotopic (exact) mass is 704 g/mol. The number of imide groups is 1. The normalized spacial score (nSPS) is 17.3. The lowest BCUT2D eigenvalue weighted by Crippen LogP contribution is -2.44. The summed E-state index contributed by atoms with van der Waals surface area (Å²) in [5.41, 5.74) is 0.422. The van der Waals surface area contributed by atoms with Crippen LogP contribution >= 0.6 is 0 Å². The number of piperidine rings is 1. The Morgan fingerprint density at radius 2 is 1.72 bits per heavy atom. The van der Waals surface area contributed by atoms with E-state index in [1.54, 1.807) is 35.1 Å². The molecule has 2 aliphatic heterocycles. The number of aryl methyl sites for hydroxylation is 1. The van der Waals surface area contributed by atoms with E-state index >= 15 is 8.78 Å². The molecule has 1 atom stereocenters. The highest BCUT2D eigenvalue weighted by atomic mass is 32.2. The molecule has 3 heterocycles. The van der Waals surface area contributed by atoms with Crippen molar-refractivity contribution in [1.29, 1.82) is 0 Å². The predicted molar refractivity (Wildman–Crippen MR) is 176 cm³/mol. The Bertz CT molecular complexity index is 2490. The molecule has 17 heteroatoms. The van der Waals surface area contributed by atoms with Crippen LogP contribution in [0.1, 0.15) is 24.4 Å². The third-order valence-electron chi connectivity index (χ3n) is 8.72. The number of amides is 4. The van der Waals surface area contributed by atoms with Gasteiger partial charge >= 0.3 is 15.9 Å². The van der Waals surface area contributed by atoms with Gasteiger partial charge < -0.3 is 10.4 Å². The van der Waals surface area contributed by atoms with E-state index in [1.165, 1.54) is 35.9 Å². The highest BCUT2D eigenvalue weighted by molar-refractivity contribution is 7.92. The SMILES string of the molecule is Cn1c(=O)n(C2CCC(=O)NC2=O)c2ccc(-c3ccc(CC(=O)Nc4ccc5c(F)c(N6CC(=O)NS6(=O)=O)c(O)cc5c4)cc3)c(F)c21. The standard InChI is InChI=1S/C33H26F2N6O8S/c1-39-30-22(41(33(39)47)23-10-11-25(43)37-32(23)46)9-8-20(28(30)34)17-4-2-16(3-5-17)12-26(44)36-19-6-7-21-18(13-19)14-24(42)31(29(21)35)40-15-27(45)38-50(40,48)49/h2-9,13-14,23,42H,10-12,15H2,1H3,(H,36,44)(H,38,45)(H,37,43,46). The molecule has 256 valence electrons. The lowest BCUT2D eigenvalue weighted by Gasteiger charge is -2.22. The summed E-state index contributed by atoms with van der Waals surface area (Å²) in [5, 5.41) is 15.5. The fourth-order valence-electron chi connectivity index (χ4n) is 6.37. The Hall–Kier alpha value is -6.10. The first-order chi connectivity index (χ1) is 23.7. The van der Waals surface area contributed by atoms with Gasteiger partial charge in [0.25, 0.3) is 5.91 Å². The van der Waals surface area contributed by atoms with Crippen LogP contribution < -0.4 is 25.4 Å². The summed E-state index contributed by atoms with van der Waals surface area (Å²) in [4.78, 5) is 61.7. The number of fused-ring (bicyclic) bond motifs is 2. The van der Waals surface area contributed by atoms with Gasteiger partial charge in [0.2, 0.25) is 17.7 Å². The fourth-order valence-corrected chi connectivity index (χ4v) is 7.54. The van der Waals surface area contributed by atoms with Gasteiger partial charge in [-0.1, -0.05) is 24.3 Å². The number of nitrogens with one attached hydrogen (secondary N) is 3.